The Morgan fingerprint density at radius 1 is 1.41 bits per heavy atom. The van der Waals surface area contributed by atoms with E-state index in [0.717, 1.165) is 22.4 Å². The molecule has 5 nitrogen and oxygen atoms in total. The highest BCUT2D eigenvalue weighted by Gasteiger charge is 2.27. The van der Waals surface area contributed by atoms with Crippen LogP contribution in [0.4, 0.5) is 4.79 Å². The van der Waals surface area contributed by atoms with Gasteiger partial charge in [-0.15, -0.1) is 0 Å². The van der Waals surface area contributed by atoms with Crippen LogP contribution in [-0.4, -0.2) is 40.7 Å². The van der Waals surface area contributed by atoms with Gasteiger partial charge < -0.3 is 15.4 Å². The SMILES string of the molecule is Cc1cc(C2=CC(N)CN(C(=O)OC(C)(C)C)C2)cnc1C. The quantitative estimate of drug-likeness (QED) is 0.866. The van der Waals surface area contributed by atoms with Crippen LogP contribution in [0.15, 0.2) is 18.3 Å². The Hall–Kier alpha value is -1.88. The summed E-state index contributed by atoms with van der Waals surface area (Å²) in [5.74, 6) is 0. The molecule has 1 aliphatic heterocycles. The van der Waals surface area contributed by atoms with Gasteiger partial charge in [0.05, 0.1) is 0 Å². The van der Waals surface area contributed by atoms with E-state index in [1.54, 1.807) is 4.90 Å². The zero-order chi connectivity index (χ0) is 16.5. The molecule has 0 fully saturated rings. The van der Waals surface area contributed by atoms with Crippen LogP contribution in [0.5, 0.6) is 0 Å². The summed E-state index contributed by atoms with van der Waals surface area (Å²) >= 11 is 0. The van der Waals surface area contributed by atoms with E-state index in [0.29, 0.717) is 13.1 Å². The fourth-order valence-electron chi connectivity index (χ4n) is 2.36. The van der Waals surface area contributed by atoms with E-state index in [4.69, 9.17) is 10.5 Å². The third-order valence-corrected chi connectivity index (χ3v) is 3.57. The molecule has 0 radical (unpaired) electrons. The van der Waals surface area contributed by atoms with Crippen molar-refractivity contribution in [3.63, 3.8) is 0 Å². The van der Waals surface area contributed by atoms with E-state index in [9.17, 15) is 4.79 Å². The third-order valence-electron chi connectivity index (χ3n) is 3.57. The van der Waals surface area contributed by atoms with Gasteiger partial charge in [-0.05, 0) is 57.4 Å². The average Bonchev–Trinajstić information content (AvgIpc) is 2.39. The second-order valence-corrected chi connectivity index (χ2v) is 6.84. The van der Waals surface area contributed by atoms with Crippen molar-refractivity contribution in [2.45, 2.75) is 46.3 Å². The molecule has 0 aliphatic carbocycles. The molecule has 1 atom stereocenters. The summed E-state index contributed by atoms with van der Waals surface area (Å²) in [5.41, 5.74) is 9.72. The van der Waals surface area contributed by atoms with Gasteiger partial charge in [0.1, 0.15) is 5.60 Å². The zero-order valence-electron chi connectivity index (χ0n) is 14.0. The molecule has 5 heteroatoms. The Morgan fingerprint density at radius 2 is 2.09 bits per heavy atom. The van der Waals surface area contributed by atoms with E-state index < -0.39 is 5.60 Å². The molecule has 1 aliphatic rings. The molecule has 0 saturated heterocycles. The predicted octanol–water partition coefficient (Wildman–Crippen LogP) is 2.66. The molecule has 22 heavy (non-hydrogen) atoms. The normalized spacial score (nSPS) is 18.9. The van der Waals surface area contributed by atoms with Crippen LogP contribution in [0.1, 0.15) is 37.6 Å². The van der Waals surface area contributed by atoms with Crippen molar-refractivity contribution in [1.29, 1.82) is 0 Å². The number of hydrogen-bond acceptors (Lipinski definition) is 4. The van der Waals surface area contributed by atoms with Gasteiger partial charge in [0, 0.05) is 31.0 Å². The first-order valence-electron chi connectivity index (χ1n) is 7.53. The van der Waals surface area contributed by atoms with Crippen LogP contribution in [0.25, 0.3) is 5.57 Å². The number of amides is 1. The number of ether oxygens (including phenoxy) is 1. The monoisotopic (exact) mass is 303 g/mol. The van der Waals surface area contributed by atoms with Gasteiger partial charge in [-0.3, -0.25) is 4.98 Å². The van der Waals surface area contributed by atoms with Crippen molar-refractivity contribution >= 4 is 11.7 Å². The highest BCUT2D eigenvalue weighted by Crippen LogP contribution is 2.23. The number of pyridine rings is 1. The Kier molecular flexibility index (Phi) is 4.56. The summed E-state index contributed by atoms with van der Waals surface area (Å²) in [5, 5.41) is 0. The van der Waals surface area contributed by atoms with Crippen molar-refractivity contribution in [2.75, 3.05) is 13.1 Å². The number of nitrogens with zero attached hydrogens (tertiary/aromatic N) is 2. The van der Waals surface area contributed by atoms with Crippen LogP contribution in [0, 0.1) is 13.8 Å². The standard InChI is InChI=1S/C17H25N3O2/c1-11-6-13(8-19-12(11)2)14-7-15(18)10-20(9-14)16(21)22-17(3,4)5/h6-8,15H,9-10,18H2,1-5H3. The Morgan fingerprint density at radius 3 is 2.68 bits per heavy atom. The molecule has 1 aromatic heterocycles. The minimum absolute atomic E-state index is 0.196. The topological polar surface area (TPSA) is 68.5 Å². The Bertz CT molecular complexity index is 602. The molecule has 0 aromatic carbocycles. The first-order chi connectivity index (χ1) is 10.2. The molecular weight excluding hydrogens is 278 g/mol. The van der Waals surface area contributed by atoms with E-state index in [1.807, 2.05) is 46.9 Å². The molecule has 0 spiro atoms. The van der Waals surface area contributed by atoms with E-state index >= 15 is 0 Å². The maximum absolute atomic E-state index is 12.3. The average molecular weight is 303 g/mol. The number of carbonyl (C=O) groups is 1. The molecular formula is C17H25N3O2. The number of nitrogens with two attached hydrogens (primary N) is 1. The van der Waals surface area contributed by atoms with Gasteiger partial charge in [-0.2, -0.15) is 0 Å². The summed E-state index contributed by atoms with van der Waals surface area (Å²) in [6, 6.07) is 1.89. The molecule has 2 heterocycles. The maximum Gasteiger partial charge on any atom is 0.410 e. The lowest BCUT2D eigenvalue weighted by molar-refractivity contribution is 0.0265. The molecule has 1 aromatic rings. The molecule has 1 amide bonds. The molecule has 2 N–H and O–H groups in total. The van der Waals surface area contributed by atoms with E-state index in [1.165, 1.54) is 0 Å². The minimum atomic E-state index is -0.509. The Labute approximate surface area is 132 Å². The summed E-state index contributed by atoms with van der Waals surface area (Å²) in [4.78, 5) is 18.3. The van der Waals surface area contributed by atoms with Gasteiger partial charge in [0.2, 0.25) is 0 Å². The molecule has 120 valence electrons. The van der Waals surface area contributed by atoms with E-state index in [-0.39, 0.29) is 12.1 Å². The molecule has 0 bridgehead atoms. The molecule has 0 saturated carbocycles. The zero-order valence-corrected chi connectivity index (χ0v) is 14.0. The first kappa shape index (κ1) is 16.5. The lowest BCUT2D eigenvalue weighted by atomic mass is 9.99. The van der Waals surface area contributed by atoms with Crippen molar-refractivity contribution < 1.29 is 9.53 Å². The Balaban J connectivity index is 2.20. The fourth-order valence-corrected chi connectivity index (χ4v) is 2.36. The van der Waals surface area contributed by atoms with Crippen LogP contribution in [0.2, 0.25) is 0 Å². The number of aryl methyl sites for hydroxylation is 2. The van der Waals surface area contributed by atoms with Crippen molar-refractivity contribution in [3.8, 4) is 0 Å². The highest BCUT2D eigenvalue weighted by molar-refractivity contribution is 5.76. The summed E-state index contributed by atoms with van der Waals surface area (Å²) in [7, 11) is 0. The van der Waals surface area contributed by atoms with Crippen LogP contribution in [-0.2, 0) is 4.74 Å². The summed E-state index contributed by atoms with van der Waals surface area (Å²) in [6.45, 7) is 10.5. The number of carbonyl (C=O) groups excluding carboxylic acids is 1. The lowest BCUT2D eigenvalue weighted by Crippen LogP contribution is -2.46. The van der Waals surface area contributed by atoms with Gasteiger partial charge in [0.25, 0.3) is 0 Å². The number of aromatic nitrogens is 1. The van der Waals surface area contributed by atoms with E-state index in [2.05, 4.69) is 11.1 Å². The van der Waals surface area contributed by atoms with Gasteiger partial charge >= 0.3 is 6.09 Å². The lowest BCUT2D eigenvalue weighted by Gasteiger charge is -2.32. The fraction of sp³-hybridized carbons (Fsp3) is 0.529. The predicted molar refractivity (Wildman–Crippen MR) is 87.5 cm³/mol. The summed E-state index contributed by atoms with van der Waals surface area (Å²) < 4.78 is 5.44. The van der Waals surface area contributed by atoms with Crippen molar-refractivity contribution in [1.82, 2.24) is 9.88 Å². The van der Waals surface area contributed by atoms with Gasteiger partial charge in [-0.1, -0.05) is 6.08 Å². The second kappa shape index (κ2) is 6.08. The summed E-state index contributed by atoms with van der Waals surface area (Å²) in [6.07, 6.45) is 3.51. The van der Waals surface area contributed by atoms with Gasteiger partial charge in [-0.25, -0.2) is 4.79 Å². The van der Waals surface area contributed by atoms with Crippen LogP contribution >= 0.6 is 0 Å². The molecule has 1 unspecified atom stereocenters. The van der Waals surface area contributed by atoms with Crippen molar-refractivity contribution in [3.05, 3.63) is 35.2 Å². The molecule has 2 rings (SSSR count). The third kappa shape index (κ3) is 4.07. The van der Waals surface area contributed by atoms with Crippen molar-refractivity contribution in [2.24, 2.45) is 5.73 Å². The van der Waals surface area contributed by atoms with Crippen LogP contribution in [0.3, 0.4) is 0 Å². The number of hydrogen-bond donors (Lipinski definition) is 1. The first-order valence-corrected chi connectivity index (χ1v) is 7.53. The maximum atomic E-state index is 12.3. The second-order valence-electron chi connectivity index (χ2n) is 6.84. The van der Waals surface area contributed by atoms with Gasteiger partial charge in [0.15, 0.2) is 0 Å². The largest absolute Gasteiger partial charge is 0.444 e. The minimum Gasteiger partial charge on any atom is -0.444 e. The number of rotatable bonds is 1. The smallest absolute Gasteiger partial charge is 0.410 e. The highest BCUT2D eigenvalue weighted by atomic mass is 16.6. The van der Waals surface area contributed by atoms with Crippen LogP contribution < -0.4 is 5.73 Å².